The highest BCUT2D eigenvalue weighted by Crippen LogP contribution is 2.27. The summed E-state index contributed by atoms with van der Waals surface area (Å²) in [4.78, 5) is 11.9. The highest BCUT2D eigenvalue weighted by atomic mass is 16.1. The van der Waals surface area contributed by atoms with Crippen LogP contribution in [0.2, 0.25) is 0 Å². The van der Waals surface area contributed by atoms with Crippen molar-refractivity contribution in [2.24, 2.45) is 10.8 Å². The Labute approximate surface area is 112 Å². The summed E-state index contributed by atoms with van der Waals surface area (Å²) in [6, 6.07) is 2.22. The second-order valence-corrected chi connectivity index (χ2v) is 7.67. The van der Waals surface area contributed by atoms with Gasteiger partial charge in [-0.3, -0.25) is 4.79 Å². The van der Waals surface area contributed by atoms with Crippen LogP contribution in [0.5, 0.6) is 0 Å². The molecule has 0 bridgehead atoms. The number of nitrogens with one attached hydrogen (secondary N) is 1. The van der Waals surface area contributed by atoms with Gasteiger partial charge < -0.3 is 5.32 Å². The van der Waals surface area contributed by atoms with Gasteiger partial charge in [-0.25, -0.2) is 0 Å². The highest BCUT2D eigenvalue weighted by molar-refractivity contribution is 5.76. The van der Waals surface area contributed by atoms with E-state index in [-0.39, 0.29) is 16.9 Å². The average molecular weight is 252 g/mol. The molecule has 3 heteroatoms. The normalized spacial score (nSPS) is 13.0. The van der Waals surface area contributed by atoms with Crippen LogP contribution in [0.1, 0.15) is 67.7 Å². The van der Waals surface area contributed by atoms with Crippen molar-refractivity contribution < 1.29 is 4.79 Å². The number of hydrogen-bond donors (Lipinski definition) is 1. The van der Waals surface area contributed by atoms with Crippen LogP contribution in [0.3, 0.4) is 0 Å². The number of amides is 1. The molecule has 0 atom stereocenters. The van der Waals surface area contributed by atoms with Crippen molar-refractivity contribution in [2.75, 3.05) is 0 Å². The lowest BCUT2D eigenvalue weighted by atomic mass is 9.81. The van der Waals surface area contributed by atoms with Gasteiger partial charge in [0, 0.05) is 12.0 Å². The van der Waals surface area contributed by atoms with E-state index in [2.05, 4.69) is 32.2 Å². The summed E-state index contributed by atoms with van der Waals surface area (Å²) >= 11 is 0. The number of rotatable bonds is 5. The third-order valence-corrected chi connectivity index (χ3v) is 2.73. The Morgan fingerprint density at radius 3 is 2.00 bits per heavy atom. The van der Waals surface area contributed by atoms with Gasteiger partial charge in [-0.15, -0.1) is 0 Å². The molecular formula is C15H28N2O. The van der Waals surface area contributed by atoms with Gasteiger partial charge in [-0.2, -0.15) is 5.26 Å². The van der Waals surface area contributed by atoms with Gasteiger partial charge in [0.15, 0.2) is 0 Å². The number of carbonyl (C=O) groups excluding carboxylic acids is 1. The van der Waals surface area contributed by atoms with Crippen LogP contribution in [0.4, 0.5) is 0 Å². The first-order chi connectivity index (χ1) is 7.87. The number of nitriles is 1. The molecule has 0 aromatic rings. The summed E-state index contributed by atoms with van der Waals surface area (Å²) in [7, 11) is 0. The van der Waals surface area contributed by atoms with Crippen molar-refractivity contribution in [2.45, 2.75) is 73.3 Å². The molecule has 104 valence electrons. The lowest BCUT2D eigenvalue weighted by molar-refractivity contribution is -0.123. The second kappa shape index (κ2) is 5.73. The van der Waals surface area contributed by atoms with E-state index >= 15 is 0 Å². The third-order valence-electron chi connectivity index (χ3n) is 2.73. The van der Waals surface area contributed by atoms with E-state index in [1.165, 1.54) is 0 Å². The van der Waals surface area contributed by atoms with Crippen LogP contribution in [0.25, 0.3) is 0 Å². The van der Waals surface area contributed by atoms with Gasteiger partial charge in [0.05, 0.1) is 11.5 Å². The smallest absolute Gasteiger partial charge is 0.220 e. The molecule has 0 saturated heterocycles. The Bertz CT molecular complexity index is 329. The minimum atomic E-state index is -0.425. The molecule has 3 nitrogen and oxygen atoms in total. The van der Waals surface area contributed by atoms with Gasteiger partial charge in [-0.1, -0.05) is 20.8 Å². The van der Waals surface area contributed by atoms with Crippen LogP contribution < -0.4 is 5.32 Å². The minimum Gasteiger partial charge on any atom is -0.351 e. The predicted octanol–water partition coefficient (Wildman–Crippen LogP) is 3.65. The van der Waals surface area contributed by atoms with E-state index in [9.17, 15) is 4.79 Å². The Kier molecular flexibility index (Phi) is 5.40. The van der Waals surface area contributed by atoms with E-state index < -0.39 is 5.41 Å². The molecule has 0 heterocycles. The van der Waals surface area contributed by atoms with Crippen LogP contribution >= 0.6 is 0 Å². The molecular weight excluding hydrogens is 224 g/mol. The maximum atomic E-state index is 11.9. The second-order valence-electron chi connectivity index (χ2n) is 7.67. The van der Waals surface area contributed by atoms with Crippen molar-refractivity contribution in [1.29, 1.82) is 5.26 Å². The van der Waals surface area contributed by atoms with E-state index in [1.807, 2.05) is 27.7 Å². The molecule has 1 amide bonds. The summed E-state index contributed by atoms with van der Waals surface area (Å²) in [5, 5.41) is 12.0. The Balaban J connectivity index is 4.29. The number of nitrogens with zero attached hydrogens (tertiary/aromatic N) is 1. The molecule has 0 radical (unpaired) electrons. The molecule has 1 N–H and O–H groups in total. The Hall–Kier alpha value is -1.04. The van der Waals surface area contributed by atoms with E-state index in [0.29, 0.717) is 12.8 Å². The zero-order valence-electron chi connectivity index (χ0n) is 13.0. The van der Waals surface area contributed by atoms with Crippen LogP contribution in [-0.2, 0) is 4.79 Å². The van der Waals surface area contributed by atoms with Crippen LogP contribution in [0, 0.1) is 22.2 Å². The maximum Gasteiger partial charge on any atom is 0.220 e. The fourth-order valence-electron chi connectivity index (χ4n) is 2.29. The number of hydrogen-bond acceptors (Lipinski definition) is 2. The first kappa shape index (κ1) is 17.0. The monoisotopic (exact) mass is 252 g/mol. The molecule has 0 aromatic heterocycles. The summed E-state index contributed by atoms with van der Waals surface area (Å²) in [5.74, 6) is 0.0348. The molecule has 0 aliphatic heterocycles. The maximum absolute atomic E-state index is 11.9. The molecule has 0 unspecified atom stereocenters. The summed E-state index contributed by atoms with van der Waals surface area (Å²) in [6.45, 7) is 14.3. The molecule has 18 heavy (non-hydrogen) atoms. The zero-order chi connectivity index (χ0) is 14.6. The van der Waals surface area contributed by atoms with Crippen molar-refractivity contribution >= 4 is 5.91 Å². The number of carbonyl (C=O) groups is 1. The quantitative estimate of drug-likeness (QED) is 0.812. The first-order valence-corrected chi connectivity index (χ1v) is 6.59. The van der Waals surface area contributed by atoms with E-state index in [4.69, 9.17) is 5.26 Å². The first-order valence-electron chi connectivity index (χ1n) is 6.59. The summed E-state index contributed by atoms with van der Waals surface area (Å²) in [5.41, 5.74) is -0.444. The molecule has 0 aromatic carbocycles. The fraction of sp³-hybridized carbons (Fsp3) is 0.867. The topological polar surface area (TPSA) is 52.9 Å². The lowest BCUT2D eigenvalue weighted by Gasteiger charge is -2.33. The standard InChI is InChI=1S/C15H28N2O/c1-13(2,3)10-15(6,7)17-12(18)8-9-14(4,5)11-16/h8-10H2,1-7H3,(H,17,18). The molecule has 0 rings (SSSR count). The van der Waals surface area contributed by atoms with Crippen molar-refractivity contribution in [3.8, 4) is 6.07 Å². The van der Waals surface area contributed by atoms with Gasteiger partial charge in [0.2, 0.25) is 5.91 Å². The molecule has 0 saturated carbocycles. The summed E-state index contributed by atoms with van der Waals surface area (Å²) < 4.78 is 0. The third kappa shape index (κ3) is 8.11. The van der Waals surface area contributed by atoms with Crippen LogP contribution in [0.15, 0.2) is 0 Å². The fourth-order valence-corrected chi connectivity index (χ4v) is 2.29. The van der Waals surface area contributed by atoms with Crippen LogP contribution in [-0.4, -0.2) is 11.4 Å². The SMILES string of the molecule is CC(C)(C)CC(C)(C)NC(=O)CCC(C)(C)C#N. The van der Waals surface area contributed by atoms with Gasteiger partial charge in [0.1, 0.15) is 0 Å². The Morgan fingerprint density at radius 2 is 1.61 bits per heavy atom. The molecule has 0 fully saturated rings. The molecule has 0 spiro atoms. The van der Waals surface area contributed by atoms with Crippen molar-refractivity contribution in [3.63, 3.8) is 0 Å². The molecule has 0 aliphatic carbocycles. The Morgan fingerprint density at radius 1 is 1.11 bits per heavy atom. The van der Waals surface area contributed by atoms with Gasteiger partial charge in [0.25, 0.3) is 0 Å². The van der Waals surface area contributed by atoms with Gasteiger partial charge in [-0.05, 0) is 46.0 Å². The average Bonchev–Trinajstić information content (AvgIpc) is 2.10. The molecule has 0 aliphatic rings. The largest absolute Gasteiger partial charge is 0.351 e. The minimum absolute atomic E-state index is 0.0348. The predicted molar refractivity (Wildman–Crippen MR) is 74.9 cm³/mol. The van der Waals surface area contributed by atoms with E-state index in [0.717, 1.165) is 6.42 Å². The van der Waals surface area contributed by atoms with Gasteiger partial charge >= 0.3 is 0 Å². The van der Waals surface area contributed by atoms with E-state index in [1.54, 1.807) is 0 Å². The van der Waals surface area contributed by atoms with Crippen molar-refractivity contribution in [3.05, 3.63) is 0 Å². The highest BCUT2D eigenvalue weighted by Gasteiger charge is 2.27. The van der Waals surface area contributed by atoms with Crippen molar-refractivity contribution in [1.82, 2.24) is 5.32 Å². The zero-order valence-corrected chi connectivity index (χ0v) is 13.0. The lowest BCUT2D eigenvalue weighted by Crippen LogP contribution is -2.45. The summed E-state index contributed by atoms with van der Waals surface area (Å²) in [6.07, 6.45) is 1.93.